The number of nitrogens with zero attached hydrogens (tertiary/aromatic N) is 3. The number of pyridine rings is 1. The molecule has 0 unspecified atom stereocenters. The fourth-order valence-electron chi connectivity index (χ4n) is 2.85. The van der Waals surface area contributed by atoms with Gasteiger partial charge in [-0.05, 0) is 26.1 Å². The van der Waals surface area contributed by atoms with Gasteiger partial charge in [-0.25, -0.2) is 4.98 Å². The SMILES string of the molecule is CCNc1nc2ccccc2cc1CN1CCN(C)CC1. The summed E-state index contributed by atoms with van der Waals surface area (Å²) in [6.45, 7) is 8.57. The number of hydrogen-bond acceptors (Lipinski definition) is 4. The summed E-state index contributed by atoms with van der Waals surface area (Å²) in [5, 5.41) is 4.64. The van der Waals surface area contributed by atoms with Gasteiger partial charge < -0.3 is 10.2 Å². The summed E-state index contributed by atoms with van der Waals surface area (Å²) in [7, 11) is 2.19. The Morgan fingerprint density at radius 1 is 1.14 bits per heavy atom. The summed E-state index contributed by atoms with van der Waals surface area (Å²) in [4.78, 5) is 9.71. The third-order valence-electron chi connectivity index (χ3n) is 4.14. The van der Waals surface area contributed by atoms with Crippen molar-refractivity contribution in [2.24, 2.45) is 0 Å². The average Bonchev–Trinajstić information content (AvgIpc) is 2.50. The smallest absolute Gasteiger partial charge is 0.131 e. The first-order valence-corrected chi connectivity index (χ1v) is 7.79. The van der Waals surface area contributed by atoms with Crippen LogP contribution in [0, 0.1) is 0 Å². The van der Waals surface area contributed by atoms with Gasteiger partial charge >= 0.3 is 0 Å². The quantitative estimate of drug-likeness (QED) is 0.934. The summed E-state index contributed by atoms with van der Waals surface area (Å²) in [6.07, 6.45) is 0. The fourth-order valence-corrected chi connectivity index (χ4v) is 2.85. The molecule has 0 bridgehead atoms. The Bertz CT molecular complexity index is 603. The first-order valence-electron chi connectivity index (χ1n) is 7.79. The summed E-state index contributed by atoms with van der Waals surface area (Å²) in [6, 6.07) is 10.6. The topological polar surface area (TPSA) is 31.4 Å². The van der Waals surface area contributed by atoms with Crippen molar-refractivity contribution in [2.45, 2.75) is 13.5 Å². The molecule has 0 radical (unpaired) electrons. The molecule has 2 aromatic rings. The Hall–Kier alpha value is -1.65. The van der Waals surface area contributed by atoms with Crippen LogP contribution in [0.25, 0.3) is 10.9 Å². The monoisotopic (exact) mass is 284 g/mol. The number of aromatic nitrogens is 1. The molecule has 0 aliphatic carbocycles. The summed E-state index contributed by atoms with van der Waals surface area (Å²) in [5.41, 5.74) is 2.37. The van der Waals surface area contributed by atoms with Crippen molar-refractivity contribution >= 4 is 16.7 Å². The standard InChI is InChI=1S/C17H24N4/c1-3-18-17-15(13-21-10-8-20(2)9-11-21)12-14-6-4-5-7-16(14)19-17/h4-7,12H,3,8-11,13H2,1-2H3,(H,18,19). The van der Waals surface area contributed by atoms with Crippen molar-refractivity contribution in [3.05, 3.63) is 35.9 Å². The van der Waals surface area contributed by atoms with E-state index in [-0.39, 0.29) is 0 Å². The van der Waals surface area contributed by atoms with Gasteiger partial charge in [-0.2, -0.15) is 0 Å². The summed E-state index contributed by atoms with van der Waals surface area (Å²) >= 11 is 0. The normalized spacial score (nSPS) is 17.2. The number of likely N-dealkylation sites (N-methyl/N-ethyl adjacent to an activating group) is 1. The van der Waals surface area contributed by atoms with E-state index in [0.29, 0.717) is 0 Å². The molecular formula is C17H24N4. The van der Waals surface area contributed by atoms with E-state index < -0.39 is 0 Å². The third kappa shape index (κ3) is 3.34. The highest BCUT2D eigenvalue weighted by molar-refractivity contribution is 5.81. The van der Waals surface area contributed by atoms with Gasteiger partial charge in [0, 0.05) is 50.2 Å². The Kier molecular flexibility index (Phi) is 4.36. The molecular weight excluding hydrogens is 260 g/mol. The third-order valence-corrected chi connectivity index (χ3v) is 4.14. The predicted octanol–water partition coefficient (Wildman–Crippen LogP) is 2.41. The predicted molar refractivity (Wildman–Crippen MR) is 88.7 cm³/mol. The molecule has 3 rings (SSSR count). The van der Waals surface area contributed by atoms with Crippen LogP contribution in [-0.2, 0) is 6.54 Å². The average molecular weight is 284 g/mol. The summed E-state index contributed by atoms with van der Waals surface area (Å²) in [5.74, 6) is 1.04. The number of para-hydroxylation sites is 1. The molecule has 1 saturated heterocycles. The molecule has 2 heterocycles. The molecule has 0 spiro atoms. The van der Waals surface area contributed by atoms with Gasteiger partial charge in [-0.15, -0.1) is 0 Å². The van der Waals surface area contributed by atoms with Crippen LogP contribution in [0.1, 0.15) is 12.5 Å². The molecule has 4 nitrogen and oxygen atoms in total. The van der Waals surface area contributed by atoms with Gasteiger partial charge in [0.05, 0.1) is 5.52 Å². The van der Waals surface area contributed by atoms with Crippen LogP contribution in [0.5, 0.6) is 0 Å². The minimum atomic E-state index is 0.904. The van der Waals surface area contributed by atoms with Crippen molar-refractivity contribution in [2.75, 3.05) is 45.1 Å². The Morgan fingerprint density at radius 2 is 1.90 bits per heavy atom. The number of anilines is 1. The van der Waals surface area contributed by atoms with Crippen LogP contribution < -0.4 is 5.32 Å². The molecule has 21 heavy (non-hydrogen) atoms. The maximum Gasteiger partial charge on any atom is 0.131 e. The van der Waals surface area contributed by atoms with Crippen molar-refractivity contribution in [3.8, 4) is 0 Å². The number of fused-ring (bicyclic) bond motifs is 1. The fraction of sp³-hybridized carbons (Fsp3) is 0.471. The van der Waals surface area contributed by atoms with E-state index in [2.05, 4.69) is 53.4 Å². The molecule has 0 saturated carbocycles. The second-order valence-electron chi connectivity index (χ2n) is 5.80. The molecule has 1 N–H and O–H groups in total. The van der Waals surface area contributed by atoms with Gasteiger partial charge in [0.25, 0.3) is 0 Å². The first kappa shape index (κ1) is 14.3. The van der Waals surface area contributed by atoms with E-state index in [1.54, 1.807) is 0 Å². The lowest BCUT2D eigenvalue weighted by molar-refractivity contribution is 0.148. The van der Waals surface area contributed by atoms with E-state index in [1.807, 2.05) is 6.07 Å². The van der Waals surface area contributed by atoms with Crippen LogP contribution in [0.2, 0.25) is 0 Å². The highest BCUT2D eigenvalue weighted by Crippen LogP contribution is 2.22. The van der Waals surface area contributed by atoms with E-state index in [4.69, 9.17) is 4.98 Å². The van der Waals surface area contributed by atoms with Gasteiger partial charge in [0.15, 0.2) is 0 Å². The Labute approximate surface area is 126 Å². The maximum absolute atomic E-state index is 4.80. The zero-order chi connectivity index (χ0) is 14.7. The number of benzene rings is 1. The molecule has 112 valence electrons. The number of nitrogens with one attached hydrogen (secondary N) is 1. The molecule has 1 fully saturated rings. The van der Waals surface area contributed by atoms with Gasteiger partial charge in [-0.1, -0.05) is 18.2 Å². The van der Waals surface area contributed by atoms with E-state index >= 15 is 0 Å². The van der Waals surface area contributed by atoms with Crippen LogP contribution in [0.4, 0.5) is 5.82 Å². The molecule has 4 heteroatoms. The highest BCUT2D eigenvalue weighted by atomic mass is 15.2. The van der Waals surface area contributed by atoms with Crippen LogP contribution >= 0.6 is 0 Å². The van der Waals surface area contributed by atoms with E-state index in [1.165, 1.54) is 10.9 Å². The van der Waals surface area contributed by atoms with Gasteiger partial charge in [0.1, 0.15) is 5.82 Å². The zero-order valence-corrected chi connectivity index (χ0v) is 13.0. The molecule has 0 amide bonds. The first-order chi connectivity index (χ1) is 10.3. The lowest BCUT2D eigenvalue weighted by atomic mass is 10.1. The lowest BCUT2D eigenvalue weighted by Crippen LogP contribution is -2.44. The van der Waals surface area contributed by atoms with E-state index in [0.717, 1.165) is 50.6 Å². The second-order valence-corrected chi connectivity index (χ2v) is 5.80. The molecule has 1 aromatic heterocycles. The Morgan fingerprint density at radius 3 is 2.67 bits per heavy atom. The summed E-state index contributed by atoms with van der Waals surface area (Å²) < 4.78 is 0. The van der Waals surface area contributed by atoms with Gasteiger partial charge in [-0.3, -0.25) is 4.90 Å². The van der Waals surface area contributed by atoms with Crippen molar-refractivity contribution < 1.29 is 0 Å². The lowest BCUT2D eigenvalue weighted by Gasteiger charge is -2.32. The zero-order valence-electron chi connectivity index (χ0n) is 13.0. The number of hydrogen-bond donors (Lipinski definition) is 1. The molecule has 1 aliphatic heterocycles. The second kappa shape index (κ2) is 6.41. The number of rotatable bonds is 4. The Balaban J connectivity index is 1.86. The van der Waals surface area contributed by atoms with Crippen LogP contribution in [0.3, 0.4) is 0 Å². The highest BCUT2D eigenvalue weighted by Gasteiger charge is 2.16. The molecule has 1 aliphatic rings. The maximum atomic E-state index is 4.80. The van der Waals surface area contributed by atoms with Crippen LogP contribution in [-0.4, -0.2) is 54.6 Å². The van der Waals surface area contributed by atoms with Crippen molar-refractivity contribution in [1.29, 1.82) is 0 Å². The van der Waals surface area contributed by atoms with Crippen molar-refractivity contribution in [1.82, 2.24) is 14.8 Å². The minimum absolute atomic E-state index is 0.904. The molecule has 0 atom stereocenters. The van der Waals surface area contributed by atoms with Crippen molar-refractivity contribution in [3.63, 3.8) is 0 Å². The largest absolute Gasteiger partial charge is 0.370 e. The van der Waals surface area contributed by atoms with Crippen LogP contribution in [0.15, 0.2) is 30.3 Å². The van der Waals surface area contributed by atoms with Gasteiger partial charge in [0.2, 0.25) is 0 Å². The number of piperazine rings is 1. The minimum Gasteiger partial charge on any atom is -0.370 e. The molecule has 1 aromatic carbocycles. The van der Waals surface area contributed by atoms with E-state index in [9.17, 15) is 0 Å².